The largest absolute Gasteiger partial charge is 0.413 e. The van der Waals surface area contributed by atoms with Gasteiger partial charge in [-0.3, -0.25) is 10.00 Å². The second-order valence-corrected chi connectivity index (χ2v) is 7.21. The summed E-state index contributed by atoms with van der Waals surface area (Å²) in [5, 5.41) is 8.60. The molecule has 6 nitrogen and oxygen atoms in total. The van der Waals surface area contributed by atoms with E-state index in [0.717, 1.165) is 10.4 Å². The highest BCUT2D eigenvalue weighted by Crippen LogP contribution is 2.36. The number of aromatic nitrogens is 3. The van der Waals surface area contributed by atoms with Crippen LogP contribution in [0.4, 0.5) is 23.1 Å². The number of carbonyl (C=O) groups excluding carboxylic acids is 1. The highest BCUT2D eigenvalue weighted by atomic mass is 32.1. The molecule has 0 aliphatic carbocycles. The van der Waals surface area contributed by atoms with Crippen molar-refractivity contribution in [1.82, 2.24) is 20.1 Å². The van der Waals surface area contributed by atoms with E-state index in [4.69, 9.17) is 0 Å². The molecule has 0 bridgehead atoms. The van der Waals surface area contributed by atoms with Crippen LogP contribution in [0, 0.1) is 13.8 Å². The minimum atomic E-state index is -4.67. The number of alkyl halides is 3. The molecule has 1 atom stereocenters. The zero-order chi connectivity index (χ0) is 20.5. The van der Waals surface area contributed by atoms with E-state index < -0.39 is 18.2 Å². The van der Waals surface area contributed by atoms with E-state index in [1.807, 2.05) is 35.6 Å². The maximum absolute atomic E-state index is 13.6. The summed E-state index contributed by atoms with van der Waals surface area (Å²) in [4.78, 5) is 17.1. The Bertz CT molecular complexity index is 981. The predicted octanol–water partition coefficient (Wildman–Crippen LogP) is 4.59. The molecule has 148 valence electrons. The van der Waals surface area contributed by atoms with Crippen molar-refractivity contribution in [2.24, 2.45) is 7.05 Å². The molecule has 0 fully saturated rings. The number of nitrogens with one attached hydrogen (secondary N) is 2. The number of aryl methyl sites for hydroxylation is 2. The van der Waals surface area contributed by atoms with Crippen molar-refractivity contribution in [1.29, 1.82) is 0 Å². The third kappa shape index (κ3) is 4.16. The van der Waals surface area contributed by atoms with E-state index in [1.165, 1.54) is 29.9 Å². The molecule has 2 heterocycles. The number of halogens is 3. The lowest BCUT2D eigenvalue weighted by molar-refractivity contribution is -0.155. The second kappa shape index (κ2) is 7.63. The minimum Gasteiger partial charge on any atom is -0.322 e. The Balaban J connectivity index is 1.77. The average Bonchev–Trinajstić information content (AvgIpc) is 3.18. The zero-order valence-corrected chi connectivity index (χ0v) is 16.1. The summed E-state index contributed by atoms with van der Waals surface area (Å²) in [6.45, 7) is 3.01. The summed E-state index contributed by atoms with van der Waals surface area (Å²) in [6, 6.07) is 6.20. The van der Waals surface area contributed by atoms with E-state index in [9.17, 15) is 18.0 Å². The Morgan fingerprint density at radius 2 is 1.89 bits per heavy atom. The van der Waals surface area contributed by atoms with E-state index in [0.29, 0.717) is 5.69 Å². The summed E-state index contributed by atoms with van der Waals surface area (Å²) < 4.78 is 42.2. The van der Waals surface area contributed by atoms with Crippen molar-refractivity contribution in [3.05, 3.63) is 53.5 Å². The molecule has 3 aromatic rings. The van der Waals surface area contributed by atoms with Crippen LogP contribution in [0.5, 0.6) is 0 Å². The Morgan fingerprint density at radius 3 is 2.46 bits per heavy atom. The fraction of sp³-hybridized carbons (Fsp3) is 0.278. The summed E-state index contributed by atoms with van der Waals surface area (Å²) in [5.41, 5.74) is 1.39. The van der Waals surface area contributed by atoms with Gasteiger partial charge in [0, 0.05) is 24.5 Å². The van der Waals surface area contributed by atoms with Gasteiger partial charge >= 0.3 is 12.2 Å². The standard InChI is InChI=1S/C18H18F3N5OS/c1-10-14(11(2)26(3)25-10)15(18(19,20)21)23-16(27)24-17-22-9-13(28-17)12-7-5-4-6-8-12/h4-9,15H,1-3H3,(H2,22,23,24,27)/t15-/m0/s1. The molecule has 10 heteroatoms. The molecule has 0 aliphatic rings. The minimum absolute atomic E-state index is 0.0609. The van der Waals surface area contributed by atoms with Crippen molar-refractivity contribution < 1.29 is 18.0 Å². The Hall–Kier alpha value is -2.88. The Kier molecular flexibility index (Phi) is 5.41. The molecule has 0 saturated heterocycles. The fourth-order valence-electron chi connectivity index (χ4n) is 2.86. The molecule has 1 aromatic carbocycles. The van der Waals surface area contributed by atoms with Crippen LogP contribution in [-0.2, 0) is 7.05 Å². The van der Waals surface area contributed by atoms with Gasteiger partial charge in [-0.25, -0.2) is 9.78 Å². The first kappa shape index (κ1) is 19.9. The Labute approximate surface area is 163 Å². The van der Waals surface area contributed by atoms with Gasteiger partial charge in [-0.05, 0) is 19.4 Å². The maximum Gasteiger partial charge on any atom is 0.413 e. The first-order valence-corrected chi connectivity index (χ1v) is 9.14. The lowest BCUT2D eigenvalue weighted by Crippen LogP contribution is -2.41. The molecule has 0 aliphatic heterocycles. The molecule has 2 N–H and O–H groups in total. The van der Waals surface area contributed by atoms with Gasteiger partial charge in [0.1, 0.15) is 0 Å². The fourth-order valence-corrected chi connectivity index (χ4v) is 3.67. The summed E-state index contributed by atoms with van der Waals surface area (Å²) >= 11 is 1.17. The lowest BCUT2D eigenvalue weighted by atomic mass is 10.0. The van der Waals surface area contributed by atoms with Gasteiger partial charge in [-0.2, -0.15) is 18.3 Å². The van der Waals surface area contributed by atoms with Gasteiger partial charge in [-0.15, -0.1) is 0 Å². The van der Waals surface area contributed by atoms with E-state index >= 15 is 0 Å². The molecule has 2 aromatic heterocycles. The van der Waals surface area contributed by atoms with Crippen LogP contribution in [0.15, 0.2) is 36.5 Å². The van der Waals surface area contributed by atoms with E-state index in [2.05, 4.69) is 15.4 Å². The number of nitrogens with zero attached hydrogens (tertiary/aromatic N) is 3. The molecule has 0 unspecified atom stereocenters. The van der Waals surface area contributed by atoms with Crippen molar-refractivity contribution in [2.45, 2.75) is 26.1 Å². The monoisotopic (exact) mass is 409 g/mol. The Morgan fingerprint density at radius 1 is 1.21 bits per heavy atom. The zero-order valence-electron chi connectivity index (χ0n) is 15.3. The third-order valence-electron chi connectivity index (χ3n) is 4.24. The van der Waals surface area contributed by atoms with E-state index in [1.54, 1.807) is 13.2 Å². The highest BCUT2D eigenvalue weighted by molar-refractivity contribution is 7.19. The molecule has 2 amide bonds. The molecule has 0 radical (unpaired) electrons. The van der Waals surface area contributed by atoms with Crippen molar-refractivity contribution >= 4 is 22.5 Å². The summed E-state index contributed by atoms with van der Waals surface area (Å²) in [6.07, 6.45) is -3.11. The number of amides is 2. The number of anilines is 1. The van der Waals surface area contributed by atoms with Crippen LogP contribution < -0.4 is 10.6 Å². The maximum atomic E-state index is 13.6. The van der Waals surface area contributed by atoms with Crippen LogP contribution in [0.25, 0.3) is 10.4 Å². The molecular weight excluding hydrogens is 391 g/mol. The third-order valence-corrected chi connectivity index (χ3v) is 5.20. The average molecular weight is 409 g/mol. The first-order chi connectivity index (χ1) is 13.2. The number of rotatable bonds is 4. The topological polar surface area (TPSA) is 71.8 Å². The first-order valence-electron chi connectivity index (χ1n) is 8.32. The van der Waals surface area contributed by atoms with Crippen LogP contribution >= 0.6 is 11.3 Å². The number of benzene rings is 1. The van der Waals surface area contributed by atoms with Crippen LogP contribution in [0.1, 0.15) is 23.0 Å². The van der Waals surface area contributed by atoms with Gasteiger partial charge in [0.25, 0.3) is 0 Å². The van der Waals surface area contributed by atoms with Crippen LogP contribution in [0.2, 0.25) is 0 Å². The highest BCUT2D eigenvalue weighted by Gasteiger charge is 2.44. The van der Waals surface area contributed by atoms with Crippen molar-refractivity contribution in [3.63, 3.8) is 0 Å². The molecule has 0 saturated carbocycles. The molecule has 28 heavy (non-hydrogen) atoms. The van der Waals surface area contributed by atoms with E-state index in [-0.39, 0.29) is 16.4 Å². The van der Waals surface area contributed by atoms with Gasteiger partial charge < -0.3 is 5.32 Å². The second-order valence-electron chi connectivity index (χ2n) is 6.18. The SMILES string of the molecule is Cc1nn(C)c(C)c1[C@H](NC(=O)Nc1ncc(-c2ccccc2)s1)C(F)(F)F. The molecular formula is C18H18F3N5OS. The van der Waals surface area contributed by atoms with Crippen LogP contribution in [0.3, 0.4) is 0 Å². The summed E-state index contributed by atoms with van der Waals surface area (Å²) in [7, 11) is 1.56. The lowest BCUT2D eigenvalue weighted by Gasteiger charge is -2.22. The number of hydrogen-bond acceptors (Lipinski definition) is 4. The number of urea groups is 1. The van der Waals surface area contributed by atoms with Gasteiger partial charge in [-0.1, -0.05) is 41.7 Å². The molecule has 0 spiro atoms. The molecule has 3 rings (SSSR count). The predicted molar refractivity (Wildman–Crippen MR) is 101 cm³/mol. The van der Waals surface area contributed by atoms with Crippen molar-refractivity contribution in [2.75, 3.05) is 5.32 Å². The number of hydrogen-bond donors (Lipinski definition) is 2. The normalized spacial score (nSPS) is 12.6. The number of thiazole rings is 1. The van der Waals surface area contributed by atoms with Crippen molar-refractivity contribution in [3.8, 4) is 10.4 Å². The van der Waals surface area contributed by atoms with Crippen LogP contribution in [-0.4, -0.2) is 27.0 Å². The van der Waals surface area contributed by atoms with Gasteiger partial charge in [0.2, 0.25) is 0 Å². The summed E-state index contributed by atoms with van der Waals surface area (Å²) in [5.74, 6) is 0. The number of carbonyl (C=O) groups is 1. The quantitative estimate of drug-likeness (QED) is 0.662. The van der Waals surface area contributed by atoms with Gasteiger partial charge in [0.15, 0.2) is 11.2 Å². The smallest absolute Gasteiger partial charge is 0.322 e. The van der Waals surface area contributed by atoms with Gasteiger partial charge in [0.05, 0.1) is 10.6 Å².